The molecule has 0 saturated heterocycles. The van der Waals surface area contributed by atoms with Gasteiger partial charge in [0, 0.05) is 16.6 Å². The van der Waals surface area contributed by atoms with Crippen LogP contribution >= 0.6 is 11.6 Å². The van der Waals surface area contributed by atoms with Gasteiger partial charge in [-0.1, -0.05) is 17.7 Å². The van der Waals surface area contributed by atoms with Gasteiger partial charge in [-0.15, -0.1) is 0 Å². The minimum Gasteiger partial charge on any atom is -0.321 e. The first-order chi connectivity index (χ1) is 10.1. The summed E-state index contributed by atoms with van der Waals surface area (Å²) in [6, 6.07) is 12.9. The van der Waals surface area contributed by atoms with Gasteiger partial charge in [-0.25, -0.2) is 4.39 Å². The molecule has 0 aliphatic rings. The second kappa shape index (κ2) is 5.50. The average molecular weight is 301 g/mol. The summed E-state index contributed by atoms with van der Waals surface area (Å²) in [6.07, 6.45) is 1.67. The van der Waals surface area contributed by atoms with E-state index in [0.717, 1.165) is 17.0 Å². The molecule has 1 heterocycles. The fourth-order valence-corrected chi connectivity index (χ4v) is 2.23. The van der Waals surface area contributed by atoms with Crippen molar-refractivity contribution >= 4 is 34.1 Å². The molecule has 0 aliphatic carbocycles. The summed E-state index contributed by atoms with van der Waals surface area (Å²) >= 11 is 5.68. The molecule has 21 heavy (non-hydrogen) atoms. The van der Waals surface area contributed by atoms with E-state index in [2.05, 4.69) is 10.3 Å². The van der Waals surface area contributed by atoms with Gasteiger partial charge in [0.2, 0.25) is 0 Å². The van der Waals surface area contributed by atoms with Crippen LogP contribution in [0, 0.1) is 5.82 Å². The first-order valence-corrected chi connectivity index (χ1v) is 6.63. The predicted octanol–water partition coefficient (Wildman–Crippen LogP) is 4.28. The molecule has 1 N–H and O–H groups in total. The van der Waals surface area contributed by atoms with Crippen molar-refractivity contribution in [3.8, 4) is 0 Å². The smallest absolute Gasteiger partial charge is 0.258 e. The maximum absolute atomic E-state index is 13.8. The number of benzene rings is 2. The van der Waals surface area contributed by atoms with E-state index in [1.807, 2.05) is 12.1 Å². The largest absolute Gasteiger partial charge is 0.321 e. The van der Waals surface area contributed by atoms with Crippen molar-refractivity contribution in [3.63, 3.8) is 0 Å². The monoisotopic (exact) mass is 300 g/mol. The molecule has 3 nitrogen and oxygen atoms in total. The Morgan fingerprint density at radius 3 is 2.81 bits per heavy atom. The maximum atomic E-state index is 13.8. The average Bonchev–Trinajstić information content (AvgIpc) is 2.47. The van der Waals surface area contributed by atoms with Gasteiger partial charge in [0.15, 0.2) is 0 Å². The van der Waals surface area contributed by atoms with E-state index in [1.54, 1.807) is 24.4 Å². The Morgan fingerprint density at radius 2 is 2.00 bits per heavy atom. The van der Waals surface area contributed by atoms with Crippen LogP contribution in [0.1, 0.15) is 10.4 Å². The molecule has 0 bridgehead atoms. The summed E-state index contributed by atoms with van der Waals surface area (Å²) in [6.45, 7) is 0. The molecular weight excluding hydrogens is 291 g/mol. The van der Waals surface area contributed by atoms with Crippen molar-refractivity contribution in [1.82, 2.24) is 4.98 Å². The minimum atomic E-state index is -0.654. The Morgan fingerprint density at radius 1 is 1.14 bits per heavy atom. The molecule has 2 aromatic carbocycles. The topological polar surface area (TPSA) is 42.0 Å². The highest BCUT2D eigenvalue weighted by Gasteiger charge is 2.13. The zero-order valence-electron chi connectivity index (χ0n) is 10.8. The molecule has 0 atom stereocenters. The van der Waals surface area contributed by atoms with Crippen LogP contribution in [0.4, 0.5) is 10.1 Å². The molecule has 1 aromatic heterocycles. The number of carbonyl (C=O) groups excluding carboxylic acids is 1. The van der Waals surface area contributed by atoms with E-state index in [1.165, 1.54) is 12.1 Å². The summed E-state index contributed by atoms with van der Waals surface area (Å²) < 4.78 is 13.8. The lowest BCUT2D eigenvalue weighted by atomic mass is 10.1. The van der Waals surface area contributed by atoms with Crippen molar-refractivity contribution in [1.29, 1.82) is 0 Å². The molecule has 5 heteroatoms. The second-order valence-corrected chi connectivity index (χ2v) is 4.89. The van der Waals surface area contributed by atoms with Crippen LogP contribution in [-0.2, 0) is 0 Å². The fraction of sp³-hybridized carbons (Fsp3) is 0. The molecule has 0 unspecified atom stereocenters. The zero-order valence-corrected chi connectivity index (χ0v) is 11.6. The summed E-state index contributed by atoms with van der Waals surface area (Å²) in [7, 11) is 0. The molecule has 3 rings (SSSR count). The van der Waals surface area contributed by atoms with Crippen LogP contribution in [0.5, 0.6) is 0 Å². The first-order valence-electron chi connectivity index (χ1n) is 6.25. The highest BCUT2D eigenvalue weighted by molar-refractivity contribution is 6.30. The van der Waals surface area contributed by atoms with Crippen molar-refractivity contribution in [2.45, 2.75) is 0 Å². The fourth-order valence-electron chi connectivity index (χ4n) is 2.08. The SMILES string of the molecule is O=C(Nc1cccc2ncccc12)c1ccc(Cl)cc1F. The standard InChI is InChI=1S/C16H10ClFN2O/c17-10-6-7-11(13(18)9-10)16(21)20-15-5-1-4-14-12(15)3-2-8-19-14/h1-9H,(H,20,21). The lowest BCUT2D eigenvalue weighted by molar-refractivity contribution is 0.102. The maximum Gasteiger partial charge on any atom is 0.258 e. The highest BCUT2D eigenvalue weighted by atomic mass is 35.5. The predicted molar refractivity (Wildman–Crippen MR) is 81.1 cm³/mol. The number of nitrogens with zero attached hydrogens (tertiary/aromatic N) is 1. The van der Waals surface area contributed by atoms with E-state index in [9.17, 15) is 9.18 Å². The van der Waals surface area contributed by atoms with E-state index in [0.29, 0.717) is 5.69 Å². The van der Waals surface area contributed by atoms with Crippen LogP contribution in [0.3, 0.4) is 0 Å². The third-order valence-corrected chi connectivity index (χ3v) is 3.30. The van der Waals surface area contributed by atoms with Crippen molar-refractivity contribution in [2.75, 3.05) is 5.32 Å². The lowest BCUT2D eigenvalue weighted by Gasteiger charge is -2.09. The number of hydrogen-bond donors (Lipinski definition) is 1. The normalized spacial score (nSPS) is 10.6. The number of anilines is 1. The Hall–Kier alpha value is -2.46. The van der Waals surface area contributed by atoms with Gasteiger partial charge < -0.3 is 5.32 Å². The molecule has 0 saturated carbocycles. The molecule has 104 valence electrons. The highest BCUT2D eigenvalue weighted by Crippen LogP contribution is 2.23. The molecular formula is C16H10ClFN2O. The number of amides is 1. The summed E-state index contributed by atoms with van der Waals surface area (Å²) in [5.74, 6) is -1.18. The number of nitrogens with one attached hydrogen (secondary N) is 1. The number of hydrogen-bond acceptors (Lipinski definition) is 2. The van der Waals surface area contributed by atoms with E-state index >= 15 is 0 Å². The zero-order chi connectivity index (χ0) is 14.8. The second-order valence-electron chi connectivity index (χ2n) is 4.45. The molecule has 0 aliphatic heterocycles. The van der Waals surface area contributed by atoms with Crippen LogP contribution in [-0.4, -0.2) is 10.9 Å². The molecule has 0 fully saturated rings. The van der Waals surface area contributed by atoms with E-state index in [-0.39, 0.29) is 10.6 Å². The number of pyridine rings is 1. The molecule has 1 amide bonds. The van der Waals surface area contributed by atoms with Crippen molar-refractivity contribution in [3.05, 3.63) is 71.1 Å². The van der Waals surface area contributed by atoms with Crippen molar-refractivity contribution in [2.24, 2.45) is 0 Å². The molecule has 0 radical (unpaired) electrons. The van der Waals surface area contributed by atoms with Crippen LogP contribution in [0.25, 0.3) is 10.9 Å². The number of fused-ring (bicyclic) bond motifs is 1. The lowest BCUT2D eigenvalue weighted by Crippen LogP contribution is -2.14. The Labute approximate surface area is 125 Å². The van der Waals surface area contributed by atoms with E-state index in [4.69, 9.17) is 11.6 Å². The van der Waals surface area contributed by atoms with E-state index < -0.39 is 11.7 Å². The van der Waals surface area contributed by atoms with Crippen molar-refractivity contribution < 1.29 is 9.18 Å². The first kappa shape index (κ1) is 13.5. The molecule has 3 aromatic rings. The number of carbonyl (C=O) groups is 1. The number of halogens is 2. The third kappa shape index (κ3) is 2.71. The number of rotatable bonds is 2. The van der Waals surface area contributed by atoms with Gasteiger partial charge in [-0.2, -0.15) is 0 Å². The van der Waals surface area contributed by atoms with Gasteiger partial charge in [0.25, 0.3) is 5.91 Å². The summed E-state index contributed by atoms with van der Waals surface area (Å²) in [5, 5.41) is 3.74. The van der Waals surface area contributed by atoms with Crippen LogP contribution in [0.15, 0.2) is 54.7 Å². The third-order valence-electron chi connectivity index (χ3n) is 3.07. The Kier molecular flexibility index (Phi) is 3.54. The summed E-state index contributed by atoms with van der Waals surface area (Å²) in [4.78, 5) is 16.4. The Bertz CT molecular complexity index is 830. The molecule has 0 spiro atoms. The van der Waals surface area contributed by atoms with Gasteiger partial charge in [0.1, 0.15) is 5.82 Å². The van der Waals surface area contributed by atoms with Crippen LogP contribution in [0.2, 0.25) is 5.02 Å². The van der Waals surface area contributed by atoms with Gasteiger partial charge in [-0.05, 0) is 42.5 Å². The van der Waals surface area contributed by atoms with Gasteiger partial charge in [0.05, 0.1) is 16.8 Å². The Balaban J connectivity index is 1.97. The van der Waals surface area contributed by atoms with Gasteiger partial charge >= 0.3 is 0 Å². The minimum absolute atomic E-state index is 0.0553. The quantitative estimate of drug-likeness (QED) is 0.767. The van der Waals surface area contributed by atoms with Gasteiger partial charge in [-0.3, -0.25) is 9.78 Å². The number of aromatic nitrogens is 1. The van der Waals surface area contributed by atoms with Crippen LogP contribution < -0.4 is 5.32 Å². The summed E-state index contributed by atoms with van der Waals surface area (Å²) in [5.41, 5.74) is 1.28.